The van der Waals surface area contributed by atoms with Crippen LogP contribution in [-0.2, 0) is 31.7 Å². The van der Waals surface area contributed by atoms with E-state index in [0.29, 0.717) is 11.1 Å². The lowest BCUT2D eigenvalue weighted by Crippen LogP contribution is -2.30. The summed E-state index contributed by atoms with van der Waals surface area (Å²) in [5.74, 6) is -1.28. The van der Waals surface area contributed by atoms with E-state index in [-0.39, 0.29) is 31.3 Å². The SMILES string of the molecule is CC1=C(CC(=O)NCC(=O)OCc2ccccc2)c2cc(F)ccc2C1=Cc1ccc(S(C)=O)cc1. The molecule has 3 aromatic carbocycles. The van der Waals surface area contributed by atoms with Gasteiger partial charge in [-0.2, -0.15) is 0 Å². The molecule has 0 fully saturated rings. The molecule has 0 bridgehead atoms. The van der Waals surface area contributed by atoms with Gasteiger partial charge >= 0.3 is 5.97 Å². The zero-order valence-corrected chi connectivity index (χ0v) is 20.9. The minimum absolute atomic E-state index is 0.000649. The molecule has 1 atom stereocenters. The molecular formula is C29H26FNO4S. The van der Waals surface area contributed by atoms with Gasteiger partial charge in [-0.1, -0.05) is 48.5 Å². The molecule has 0 radical (unpaired) electrons. The van der Waals surface area contributed by atoms with Crippen molar-refractivity contribution in [2.75, 3.05) is 12.8 Å². The van der Waals surface area contributed by atoms with E-state index in [1.165, 1.54) is 12.1 Å². The number of halogens is 1. The van der Waals surface area contributed by atoms with Gasteiger partial charge in [0.1, 0.15) is 19.0 Å². The smallest absolute Gasteiger partial charge is 0.325 e. The van der Waals surface area contributed by atoms with E-state index >= 15 is 0 Å². The molecule has 1 amide bonds. The van der Waals surface area contributed by atoms with Crippen LogP contribution in [0.3, 0.4) is 0 Å². The molecule has 0 saturated heterocycles. The number of carbonyl (C=O) groups is 2. The highest BCUT2D eigenvalue weighted by Gasteiger charge is 2.26. The Kier molecular flexibility index (Phi) is 7.90. The maximum atomic E-state index is 14.1. The van der Waals surface area contributed by atoms with Crippen molar-refractivity contribution in [1.82, 2.24) is 5.32 Å². The van der Waals surface area contributed by atoms with Gasteiger partial charge in [-0.15, -0.1) is 0 Å². The summed E-state index contributed by atoms with van der Waals surface area (Å²) in [5, 5.41) is 2.60. The zero-order chi connectivity index (χ0) is 25.7. The summed E-state index contributed by atoms with van der Waals surface area (Å²) in [6, 6.07) is 21.2. The van der Waals surface area contributed by atoms with Crippen molar-refractivity contribution < 1.29 is 22.9 Å². The van der Waals surface area contributed by atoms with Gasteiger partial charge in [0, 0.05) is 22.0 Å². The van der Waals surface area contributed by atoms with Gasteiger partial charge in [0.25, 0.3) is 0 Å². The molecule has 7 heteroatoms. The Balaban J connectivity index is 1.47. The lowest BCUT2D eigenvalue weighted by atomic mass is 10.0. The van der Waals surface area contributed by atoms with Gasteiger partial charge in [0.2, 0.25) is 5.91 Å². The second-order valence-corrected chi connectivity index (χ2v) is 9.85. The van der Waals surface area contributed by atoms with E-state index in [1.54, 1.807) is 12.3 Å². The molecule has 0 heterocycles. The molecule has 0 saturated carbocycles. The predicted molar refractivity (Wildman–Crippen MR) is 140 cm³/mol. The summed E-state index contributed by atoms with van der Waals surface area (Å²) in [6.07, 6.45) is 3.60. The van der Waals surface area contributed by atoms with Crippen LogP contribution in [0, 0.1) is 5.82 Å². The number of allylic oxidation sites excluding steroid dienone is 2. The van der Waals surface area contributed by atoms with Gasteiger partial charge in [0.15, 0.2) is 0 Å². The number of benzene rings is 3. The first-order valence-electron chi connectivity index (χ1n) is 11.4. The van der Waals surface area contributed by atoms with Crippen LogP contribution in [0.1, 0.15) is 35.6 Å². The fourth-order valence-electron chi connectivity index (χ4n) is 4.09. The lowest BCUT2D eigenvalue weighted by molar-refractivity contribution is -0.145. The molecule has 3 aromatic rings. The van der Waals surface area contributed by atoms with Crippen LogP contribution >= 0.6 is 0 Å². The topological polar surface area (TPSA) is 72.5 Å². The van der Waals surface area contributed by atoms with E-state index in [4.69, 9.17) is 4.74 Å². The summed E-state index contributed by atoms with van der Waals surface area (Å²) in [5.41, 5.74) is 5.72. The largest absolute Gasteiger partial charge is 0.460 e. The number of fused-ring (bicyclic) bond motifs is 1. The number of ether oxygens (including phenoxy) is 1. The first-order valence-corrected chi connectivity index (χ1v) is 13.0. The van der Waals surface area contributed by atoms with Crippen LogP contribution in [0.15, 0.2) is 83.3 Å². The monoisotopic (exact) mass is 503 g/mol. The maximum absolute atomic E-state index is 14.1. The van der Waals surface area contributed by atoms with E-state index in [2.05, 4.69) is 5.32 Å². The number of hydrogen-bond acceptors (Lipinski definition) is 4. The highest BCUT2D eigenvalue weighted by molar-refractivity contribution is 7.84. The van der Waals surface area contributed by atoms with Crippen molar-refractivity contribution in [2.24, 2.45) is 0 Å². The first kappa shape index (κ1) is 25.3. The molecule has 0 spiro atoms. The first-order chi connectivity index (χ1) is 17.3. The Morgan fingerprint density at radius 3 is 2.42 bits per heavy atom. The summed E-state index contributed by atoms with van der Waals surface area (Å²) in [4.78, 5) is 25.5. The summed E-state index contributed by atoms with van der Waals surface area (Å²) >= 11 is 0. The zero-order valence-electron chi connectivity index (χ0n) is 20.0. The Bertz CT molecular complexity index is 1380. The van der Waals surface area contributed by atoms with Crippen LogP contribution in [0.2, 0.25) is 0 Å². The molecule has 184 valence electrons. The molecule has 1 aliphatic carbocycles. The number of nitrogens with one attached hydrogen (secondary N) is 1. The maximum Gasteiger partial charge on any atom is 0.325 e. The highest BCUT2D eigenvalue weighted by Crippen LogP contribution is 2.43. The second-order valence-electron chi connectivity index (χ2n) is 8.47. The van der Waals surface area contributed by atoms with Crippen molar-refractivity contribution >= 4 is 39.9 Å². The molecule has 1 unspecified atom stereocenters. The van der Waals surface area contributed by atoms with Crippen molar-refractivity contribution in [2.45, 2.75) is 24.8 Å². The average molecular weight is 504 g/mol. The van der Waals surface area contributed by atoms with Gasteiger partial charge in [0.05, 0.1) is 6.42 Å². The van der Waals surface area contributed by atoms with Crippen LogP contribution in [0.4, 0.5) is 4.39 Å². The molecule has 36 heavy (non-hydrogen) atoms. The highest BCUT2D eigenvalue weighted by atomic mass is 32.2. The normalized spacial score (nSPS) is 14.5. The van der Waals surface area contributed by atoms with Crippen LogP contribution in [-0.4, -0.2) is 28.9 Å². The minimum atomic E-state index is -1.07. The van der Waals surface area contributed by atoms with Crippen molar-refractivity contribution in [3.05, 3.63) is 106 Å². The third-order valence-corrected chi connectivity index (χ3v) is 6.92. The molecule has 0 aromatic heterocycles. The fraction of sp³-hybridized carbons (Fsp3) is 0.172. The minimum Gasteiger partial charge on any atom is -0.460 e. The summed E-state index contributed by atoms with van der Waals surface area (Å²) < 4.78 is 31.0. The number of rotatable bonds is 8. The second kappa shape index (κ2) is 11.3. The van der Waals surface area contributed by atoms with E-state index in [0.717, 1.165) is 32.7 Å². The average Bonchev–Trinajstić information content (AvgIpc) is 3.12. The molecule has 5 nitrogen and oxygen atoms in total. The van der Waals surface area contributed by atoms with Crippen LogP contribution in [0.25, 0.3) is 17.2 Å². The molecular weight excluding hydrogens is 477 g/mol. The third kappa shape index (κ3) is 6.04. The fourth-order valence-corrected chi connectivity index (χ4v) is 4.61. The molecule has 0 aliphatic heterocycles. The van der Waals surface area contributed by atoms with Crippen LogP contribution in [0.5, 0.6) is 0 Å². The molecule has 1 N–H and O–H groups in total. The Morgan fingerprint density at radius 1 is 1.00 bits per heavy atom. The number of amides is 1. The molecule has 4 rings (SSSR count). The van der Waals surface area contributed by atoms with Gasteiger partial charge in [-0.3, -0.25) is 13.8 Å². The predicted octanol–water partition coefficient (Wildman–Crippen LogP) is 5.14. The summed E-state index contributed by atoms with van der Waals surface area (Å²) in [6.45, 7) is 1.79. The van der Waals surface area contributed by atoms with Crippen molar-refractivity contribution in [3.63, 3.8) is 0 Å². The van der Waals surface area contributed by atoms with Crippen molar-refractivity contribution in [1.29, 1.82) is 0 Å². The molecule has 1 aliphatic rings. The third-order valence-electron chi connectivity index (χ3n) is 5.99. The standard InChI is InChI=1S/C29H26FNO4S/c1-19-25(14-20-8-11-23(12-9-20)36(2)34)24-13-10-22(30)15-27(24)26(19)16-28(32)31-17-29(33)35-18-21-6-4-3-5-7-21/h3-15H,16-18H2,1-2H3,(H,31,32). The van der Waals surface area contributed by atoms with E-state index < -0.39 is 16.8 Å². The quantitative estimate of drug-likeness (QED) is 0.432. The van der Waals surface area contributed by atoms with Gasteiger partial charge in [-0.05, 0) is 76.2 Å². The van der Waals surface area contributed by atoms with Crippen molar-refractivity contribution in [3.8, 4) is 0 Å². The Hall–Kier alpha value is -3.84. The Labute approximate surface area is 212 Å². The number of carbonyl (C=O) groups excluding carboxylic acids is 2. The number of esters is 1. The van der Waals surface area contributed by atoms with Gasteiger partial charge in [-0.25, -0.2) is 4.39 Å². The van der Waals surface area contributed by atoms with E-state index in [1.807, 2.05) is 67.6 Å². The number of hydrogen-bond donors (Lipinski definition) is 1. The van der Waals surface area contributed by atoms with Crippen LogP contribution < -0.4 is 5.32 Å². The lowest BCUT2D eigenvalue weighted by Gasteiger charge is -2.09. The van der Waals surface area contributed by atoms with E-state index in [9.17, 15) is 18.2 Å². The van der Waals surface area contributed by atoms with Gasteiger partial charge < -0.3 is 10.1 Å². The Morgan fingerprint density at radius 2 is 1.72 bits per heavy atom. The summed E-state index contributed by atoms with van der Waals surface area (Å²) in [7, 11) is -1.07.